The fourth-order valence-electron chi connectivity index (χ4n) is 2.09. The lowest BCUT2D eigenvalue weighted by Gasteiger charge is -2.04. The van der Waals surface area contributed by atoms with Gasteiger partial charge in [0.15, 0.2) is 5.82 Å². The summed E-state index contributed by atoms with van der Waals surface area (Å²) in [6, 6.07) is 9.76. The average Bonchev–Trinajstić information content (AvgIpc) is 3.24. The summed E-state index contributed by atoms with van der Waals surface area (Å²) in [4.78, 5) is 16.5. The summed E-state index contributed by atoms with van der Waals surface area (Å²) in [5.41, 5.74) is 1.28. The zero-order valence-electron chi connectivity index (χ0n) is 12.9. The summed E-state index contributed by atoms with van der Waals surface area (Å²) < 4.78 is 6.70. The average molecular weight is 311 g/mol. The number of hydrogen-bond acceptors (Lipinski definition) is 6. The molecule has 1 atom stereocenters. The van der Waals surface area contributed by atoms with E-state index in [0.717, 1.165) is 5.69 Å². The minimum atomic E-state index is -0.331. The van der Waals surface area contributed by atoms with E-state index < -0.39 is 0 Å². The molecule has 0 aliphatic rings. The molecule has 0 radical (unpaired) electrons. The summed E-state index contributed by atoms with van der Waals surface area (Å²) in [5, 5.41) is 11.1. The molecule has 0 amide bonds. The molecule has 118 valence electrons. The maximum Gasteiger partial charge on any atom is 0.299 e. The number of likely N-dealkylation sites (N-methyl/N-ethyl adjacent to an activating group) is 1. The fourth-order valence-corrected chi connectivity index (χ4v) is 2.09. The molecule has 3 rings (SSSR count). The highest BCUT2D eigenvalue weighted by Gasteiger charge is 2.19. The summed E-state index contributed by atoms with van der Waals surface area (Å²) >= 11 is 0. The predicted molar refractivity (Wildman–Crippen MR) is 83.5 cm³/mol. The SMILES string of the molecule is CNC(C)Cc1noc(C(=O)c2cnn(-c3ccccc3)c2)n1. The van der Waals surface area contributed by atoms with Crippen LogP contribution in [-0.2, 0) is 6.42 Å². The van der Waals surface area contributed by atoms with Crippen LogP contribution in [0.5, 0.6) is 0 Å². The van der Waals surface area contributed by atoms with Gasteiger partial charge in [0.25, 0.3) is 11.7 Å². The van der Waals surface area contributed by atoms with Gasteiger partial charge in [-0.3, -0.25) is 4.79 Å². The Labute approximate surface area is 133 Å². The number of aromatic nitrogens is 4. The molecule has 0 saturated carbocycles. The Hall–Kier alpha value is -2.80. The molecule has 7 nitrogen and oxygen atoms in total. The molecule has 0 bridgehead atoms. The van der Waals surface area contributed by atoms with Crippen LogP contribution in [-0.4, -0.2) is 38.8 Å². The van der Waals surface area contributed by atoms with Crippen molar-refractivity contribution < 1.29 is 9.32 Å². The minimum Gasteiger partial charge on any atom is -0.330 e. The van der Waals surface area contributed by atoms with Crippen LogP contribution in [0.1, 0.15) is 29.0 Å². The molecule has 0 saturated heterocycles. The lowest BCUT2D eigenvalue weighted by molar-refractivity contribution is 0.0994. The summed E-state index contributed by atoms with van der Waals surface area (Å²) in [7, 11) is 1.86. The third kappa shape index (κ3) is 3.35. The van der Waals surface area contributed by atoms with Crippen LogP contribution >= 0.6 is 0 Å². The van der Waals surface area contributed by atoms with Crippen molar-refractivity contribution >= 4 is 5.78 Å². The second-order valence-electron chi connectivity index (χ2n) is 5.25. The Morgan fingerprint density at radius 2 is 2.13 bits per heavy atom. The summed E-state index contributed by atoms with van der Waals surface area (Å²) in [5.74, 6) is 0.157. The van der Waals surface area contributed by atoms with E-state index >= 15 is 0 Å². The summed E-state index contributed by atoms with van der Waals surface area (Å²) in [6.07, 6.45) is 3.74. The molecule has 0 aliphatic heterocycles. The van der Waals surface area contributed by atoms with Gasteiger partial charge in [0, 0.05) is 18.7 Å². The van der Waals surface area contributed by atoms with Crippen LogP contribution in [0.15, 0.2) is 47.2 Å². The first kappa shape index (κ1) is 15.1. The first-order valence-electron chi connectivity index (χ1n) is 7.32. The first-order chi connectivity index (χ1) is 11.2. The maximum atomic E-state index is 12.4. The number of carbonyl (C=O) groups is 1. The number of nitrogens with zero attached hydrogens (tertiary/aromatic N) is 4. The molecular weight excluding hydrogens is 294 g/mol. The van der Waals surface area contributed by atoms with Crippen molar-refractivity contribution in [1.82, 2.24) is 25.2 Å². The van der Waals surface area contributed by atoms with E-state index in [9.17, 15) is 4.79 Å². The van der Waals surface area contributed by atoms with Crippen LogP contribution < -0.4 is 5.32 Å². The monoisotopic (exact) mass is 311 g/mol. The molecule has 1 unspecified atom stereocenters. The highest BCUT2D eigenvalue weighted by atomic mass is 16.5. The Bertz CT molecular complexity index is 794. The Balaban J connectivity index is 1.77. The van der Waals surface area contributed by atoms with Crippen molar-refractivity contribution in [1.29, 1.82) is 0 Å². The molecular formula is C16H17N5O2. The second-order valence-corrected chi connectivity index (χ2v) is 5.25. The van der Waals surface area contributed by atoms with Crippen molar-refractivity contribution in [2.24, 2.45) is 0 Å². The minimum absolute atomic E-state index is 0.0177. The van der Waals surface area contributed by atoms with Crippen molar-refractivity contribution in [2.75, 3.05) is 7.05 Å². The highest BCUT2D eigenvalue weighted by molar-refractivity contribution is 6.05. The molecule has 2 aromatic heterocycles. The molecule has 23 heavy (non-hydrogen) atoms. The van der Waals surface area contributed by atoms with Crippen molar-refractivity contribution in [3.05, 3.63) is 60.0 Å². The second kappa shape index (κ2) is 6.53. The largest absolute Gasteiger partial charge is 0.330 e. The maximum absolute atomic E-state index is 12.4. The van der Waals surface area contributed by atoms with Gasteiger partial charge >= 0.3 is 0 Å². The van der Waals surface area contributed by atoms with Crippen LogP contribution in [0, 0.1) is 0 Å². The standard InChI is InChI=1S/C16H17N5O2/c1-11(17-2)8-14-19-16(23-20-14)15(22)12-9-18-21(10-12)13-6-4-3-5-7-13/h3-7,9-11,17H,8H2,1-2H3. The molecule has 1 N–H and O–H groups in total. The van der Waals surface area contributed by atoms with Crippen LogP contribution in [0.25, 0.3) is 5.69 Å². The Morgan fingerprint density at radius 1 is 1.35 bits per heavy atom. The molecule has 0 fully saturated rings. The summed E-state index contributed by atoms with van der Waals surface area (Å²) in [6.45, 7) is 2.00. The third-order valence-electron chi connectivity index (χ3n) is 3.51. The van der Waals surface area contributed by atoms with E-state index in [4.69, 9.17) is 4.52 Å². The third-order valence-corrected chi connectivity index (χ3v) is 3.51. The Kier molecular flexibility index (Phi) is 4.29. The molecule has 1 aromatic carbocycles. The zero-order chi connectivity index (χ0) is 16.2. The lowest BCUT2D eigenvalue weighted by atomic mass is 10.2. The molecule has 2 heterocycles. The lowest BCUT2D eigenvalue weighted by Crippen LogP contribution is -2.24. The van der Waals surface area contributed by atoms with Gasteiger partial charge in [0.1, 0.15) is 0 Å². The molecule has 3 aromatic rings. The van der Waals surface area contributed by atoms with E-state index in [1.807, 2.05) is 44.3 Å². The predicted octanol–water partition coefficient (Wildman–Crippen LogP) is 1.64. The molecule has 7 heteroatoms. The van der Waals surface area contributed by atoms with E-state index in [2.05, 4.69) is 20.6 Å². The van der Waals surface area contributed by atoms with Crippen LogP contribution in [0.3, 0.4) is 0 Å². The number of carbonyl (C=O) groups excluding carboxylic acids is 1. The topological polar surface area (TPSA) is 85.8 Å². The smallest absolute Gasteiger partial charge is 0.299 e. The van der Waals surface area contributed by atoms with E-state index in [1.54, 1.807) is 10.9 Å². The van der Waals surface area contributed by atoms with Crippen LogP contribution in [0.2, 0.25) is 0 Å². The zero-order valence-corrected chi connectivity index (χ0v) is 12.9. The van der Waals surface area contributed by atoms with Crippen molar-refractivity contribution in [3.63, 3.8) is 0 Å². The van der Waals surface area contributed by atoms with E-state index in [1.165, 1.54) is 6.20 Å². The number of nitrogens with one attached hydrogen (secondary N) is 1. The van der Waals surface area contributed by atoms with E-state index in [0.29, 0.717) is 17.8 Å². The number of ketones is 1. The van der Waals surface area contributed by atoms with Gasteiger partial charge in [-0.25, -0.2) is 4.68 Å². The Morgan fingerprint density at radius 3 is 2.87 bits per heavy atom. The van der Waals surface area contributed by atoms with Crippen LogP contribution in [0.4, 0.5) is 0 Å². The number of hydrogen-bond donors (Lipinski definition) is 1. The quantitative estimate of drug-likeness (QED) is 0.696. The van der Waals surface area contributed by atoms with E-state index in [-0.39, 0.29) is 17.7 Å². The fraction of sp³-hybridized carbons (Fsp3) is 0.250. The molecule has 0 aliphatic carbocycles. The van der Waals surface area contributed by atoms with Crippen molar-refractivity contribution in [3.8, 4) is 5.69 Å². The molecule has 0 spiro atoms. The normalized spacial score (nSPS) is 12.3. The number of para-hydroxylation sites is 1. The van der Waals surface area contributed by atoms with Gasteiger partial charge in [0.2, 0.25) is 0 Å². The van der Waals surface area contributed by atoms with Crippen molar-refractivity contribution in [2.45, 2.75) is 19.4 Å². The van der Waals surface area contributed by atoms with Gasteiger partial charge in [-0.05, 0) is 26.1 Å². The van der Waals surface area contributed by atoms with Gasteiger partial charge in [0.05, 0.1) is 17.4 Å². The number of benzene rings is 1. The highest BCUT2D eigenvalue weighted by Crippen LogP contribution is 2.12. The van der Waals surface area contributed by atoms with Gasteiger partial charge in [-0.2, -0.15) is 10.1 Å². The first-order valence-corrected chi connectivity index (χ1v) is 7.32. The number of rotatable bonds is 6. The van der Waals surface area contributed by atoms with Gasteiger partial charge in [-0.1, -0.05) is 23.4 Å². The van der Waals surface area contributed by atoms with Gasteiger partial charge < -0.3 is 9.84 Å². The van der Waals surface area contributed by atoms with Gasteiger partial charge in [-0.15, -0.1) is 0 Å².